The largest absolute Gasteiger partial charge is 0.480 e. The fourth-order valence-electron chi connectivity index (χ4n) is 1.08. The first kappa shape index (κ1) is 17.5. The van der Waals surface area contributed by atoms with Crippen LogP contribution in [0.25, 0.3) is 0 Å². The van der Waals surface area contributed by atoms with Crippen molar-refractivity contribution in [3.05, 3.63) is 0 Å². The summed E-state index contributed by atoms with van der Waals surface area (Å²) >= 11 is 0. The Kier molecular flexibility index (Phi) is 9.12. The summed E-state index contributed by atoms with van der Waals surface area (Å²) < 4.78 is 0. The first-order valence-electron chi connectivity index (χ1n) is 4.78. The number of aliphatic carboxylic acids is 1. The molecular formula is C9H19ClN2O4. The van der Waals surface area contributed by atoms with Gasteiger partial charge in [-0.15, -0.1) is 12.4 Å². The zero-order valence-corrected chi connectivity index (χ0v) is 10.2. The Morgan fingerprint density at radius 1 is 1.38 bits per heavy atom. The Bertz CT molecular complexity index is 236. The molecule has 0 aromatic heterocycles. The number of aliphatic hydroxyl groups is 1. The van der Waals surface area contributed by atoms with Crippen LogP contribution in [0.3, 0.4) is 0 Å². The van der Waals surface area contributed by atoms with E-state index in [0.29, 0.717) is 6.42 Å². The van der Waals surface area contributed by atoms with E-state index in [0.717, 1.165) is 0 Å². The van der Waals surface area contributed by atoms with Crippen molar-refractivity contribution >= 4 is 24.3 Å². The van der Waals surface area contributed by atoms with E-state index in [4.69, 9.17) is 15.9 Å². The fraction of sp³-hybridized carbons (Fsp3) is 0.778. The van der Waals surface area contributed by atoms with Crippen molar-refractivity contribution in [2.24, 2.45) is 11.7 Å². The number of nitrogens with one attached hydrogen (secondary N) is 1. The van der Waals surface area contributed by atoms with Crippen molar-refractivity contribution < 1.29 is 19.8 Å². The number of rotatable bonds is 6. The number of nitrogens with two attached hydrogens (primary N) is 1. The highest BCUT2D eigenvalue weighted by atomic mass is 35.5. The van der Waals surface area contributed by atoms with E-state index in [2.05, 4.69) is 5.32 Å². The van der Waals surface area contributed by atoms with Crippen molar-refractivity contribution in [2.45, 2.75) is 32.4 Å². The van der Waals surface area contributed by atoms with Crippen molar-refractivity contribution in [1.29, 1.82) is 0 Å². The molecule has 0 saturated carbocycles. The number of halogens is 1. The van der Waals surface area contributed by atoms with Gasteiger partial charge in [-0.2, -0.15) is 0 Å². The van der Waals surface area contributed by atoms with Gasteiger partial charge in [0.25, 0.3) is 0 Å². The molecule has 0 fully saturated rings. The molecule has 0 rings (SSSR count). The summed E-state index contributed by atoms with van der Waals surface area (Å²) in [4.78, 5) is 21.8. The number of carbonyl (C=O) groups is 2. The molecule has 96 valence electrons. The van der Waals surface area contributed by atoms with E-state index in [-0.39, 0.29) is 18.3 Å². The van der Waals surface area contributed by atoms with Crippen LogP contribution in [-0.4, -0.2) is 40.8 Å². The minimum absolute atomic E-state index is 0. The van der Waals surface area contributed by atoms with Gasteiger partial charge in [0.05, 0.1) is 12.6 Å². The van der Waals surface area contributed by atoms with Gasteiger partial charge in [-0.3, -0.25) is 4.79 Å². The third-order valence-electron chi connectivity index (χ3n) is 1.86. The van der Waals surface area contributed by atoms with Gasteiger partial charge >= 0.3 is 5.97 Å². The minimum Gasteiger partial charge on any atom is -0.480 e. The first-order chi connectivity index (χ1) is 6.88. The summed E-state index contributed by atoms with van der Waals surface area (Å²) in [5.74, 6) is -1.57. The Morgan fingerprint density at radius 3 is 2.19 bits per heavy atom. The van der Waals surface area contributed by atoms with Crippen LogP contribution in [0.2, 0.25) is 0 Å². The molecule has 5 N–H and O–H groups in total. The Hall–Kier alpha value is -0.850. The van der Waals surface area contributed by atoms with Crippen LogP contribution in [0, 0.1) is 5.92 Å². The number of carboxylic acid groups (broad SMARTS) is 1. The zero-order valence-electron chi connectivity index (χ0n) is 9.34. The van der Waals surface area contributed by atoms with E-state index < -0.39 is 30.6 Å². The van der Waals surface area contributed by atoms with E-state index in [1.165, 1.54) is 0 Å². The SMILES string of the molecule is CC(C)C[C@H](N)C(=O)N[C@@H](CO)C(=O)O.Cl. The molecule has 1 amide bonds. The molecular weight excluding hydrogens is 236 g/mol. The Balaban J connectivity index is 0. The maximum atomic E-state index is 11.3. The number of carbonyl (C=O) groups excluding carboxylic acids is 1. The molecule has 16 heavy (non-hydrogen) atoms. The third-order valence-corrected chi connectivity index (χ3v) is 1.86. The Morgan fingerprint density at radius 2 is 1.88 bits per heavy atom. The topological polar surface area (TPSA) is 113 Å². The molecule has 7 heteroatoms. The molecule has 0 unspecified atom stereocenters. The molecule has 0 bridgehead atoms. The molecule has 0 aliphatic heterocycles. The monoisotopic (exact) mass is 254 g/mol. The number of aliphatic hydroxyl groups excluding tert-OH is 1. The van der Waals surface area contributed by atoms with Crippen LogP contribution in [0.15, 0.2) is 0 Å². The number of carboxylic acids is 1. The molecule has 6 nitrogen and oxygen atoms in total. The quantitative estimate of drug-likeness (QED) is 0.503. The average molecular weight is 255 g/mol. The molecule has 0 aliphatic rings. The highest BCUT2D eigenvalue weighted by Gasteiger charge is 2.22. The van der Waals surface area contributed by atoms with E-state index >= 15 is 0 Å². The van der Waals surface area contributed by atoms with Gasteiger partial charge in [0, 0.05) is 0 Å². The molecule has 0 radical (unpaired) electrons. The second-order valence-electron chi connectivity index (χ2n) is 3.82. The summed E-state index contributed by atoms with van der Waals surface area (Å²) in [6.07, 6.45) is 0.476. The van der Waals surface area contributed by atoms with Crippen molar-refractivity contribution in [1.82, 2.24) is 5.32 Å². The summed E-state index contributed by atoms with van der Waals surface area (Å²) in [5, 5.41) is 19.4. The highest BCUT2D eigenvalue weighted by Crippen LogP contribution is 2.02. The van der Waals surface area contributed by atoms with E-state index in [1.54, 1.807) is 0 Å². The van der Waals surface area contributed by atoms with Crippen LogP contribution in [0.1, 0.15) is 20.3 Å². The van der Waals surface area contributed by atoms with Crippen molar-refractivity contribution in [3.63, 3.8) is 0 Å². The lowest BCUT2D eigenvalue weighted by Crippen LogP contribution is -2.50. The second kappa shape index (κ2) is 8.32. The summed E-state index contributed by atoms with van der Waals surface area (Å²) in [6, 6.07) is -2.02. The highest BCUT2D eigenvalue weighted by molar-refractivity contribution is 5.86. The molecule has 0 saturated heterocycles. The first-order valence-corrected chi connectivity index (χ1v) is 4.78. The van der Waals surface area contributed by atoms with Crippen molar-refractivity contribution in [2.75, 3.05) is 6.61 Å². The summed E-state index contributed by atoms with van der Waals surface area (Å²) in [6.45, 7) is 3.18. The third kappa shape index (κ3) is 6.60. The molecule has 2 atom stereocenters. The molecule has 0 spiro atoms. The smallest absolute Gasteiger partial charge is 0.328 e. The number of amides is 1. The van der Waals surface area contributed by atoms with Crippen LogP contribution < -0.4 is 11.1 Å². The molecule has 0 aliphatic carbocycles. The predicted octanol–water partition coefficient (Wildman–Crippen LogP) is -0.657. The molecule has 0 aromatic rings. The van der Waals surface area contributed by atoms with Gasteiger partial charge < -0.3 is 21.3 Å². The fourth-order valence-corrected chi connectivity index (χ4v) is 1.08. The summed E-state index contributed by atoms with van der Waals surface area (Å²) in [7, 11) is 0. The van der Waals surface area contributed by atoms with Gasteiger partial charge in [-0.05, 0) is 12.3 Å². The number of hydrogen-bond acceptors (Lipinski definition) is 4. The van der Waals surface area contributed by atoms with Gasteiger partial charge in [0.2, 0.25) is 5.91 Å². The van der Waals surface area contributed by atoms with E-state index in [1.807, 2.05) is 13.8 Å². The van der Waals surface area contributed by atoms with E-state index in [9.17, 15) is 9.59 Å². The minimum atomic E-state index is -1.28. The van der Waals surface area contributed by atoms with Gasteiger partial charge in [-0.1, -0.05) is 13.8 Å². The normalized spacial score (nSPS) is 13.8. The van der Waals surface area contributed by atoms with Crippen LogP contribution in [0.5, 0.6) is 0 Å². The maximum Gasteiger partial charge on any atom is 0.328 e. The Labute approximate surface area is 101 Å². The number of hydrogen-bond donors (Lipinski definition) is 4. The lowest BCUT2D eigenvalue weighted by Gasteiger charge is -2.17. The maximum absolute atomic E-state index is 11.3. The van der Waals surface area contributed by atoms with Crippen LogP contribution >= 0.6 is 12.4 Å². The predicted molar refractivity (Wildman–Crippen MR) is 61.3 cm³/mol. The zero-order chi connectivity index (χ0) is 12.0. The van der Waals surface area contributed by atoms with Gasteiger partial charge in [0.1, 0.15) is 6.04 Å². The second-order valence-corrected chi connectivity index (χ2v) is 3.82. The standard InChI is InChI=1S/C9H18N2O4.ClH/c1-5(2)3-6(10)8(13)11-7(4-12)9(14)15;/h5-7,12H,3-4,10H2,1-2H3,(H,11,13)(H,14,15);1H/t6-,7-;/m0./s1. The van der Waals surface area contributed by atoms with Gasteiger partial charge in [0.15, 0.2) is 0 Å². The van der Waals surface area contributed by atoms with Crippen LogP contribution in [0.4, 0.5) is 0 Å². The average Bonchev–Trinajstić information content (AvgIpc) is 2.11. The lowest BCUT2D eigenvalue weighted by atomic mass is 10.0. The molecule has 0 heterocycles. The van der Waals surface area contributed by atoms with Crippen molar-refractivity contribution in [3.8, 4) is 0 Å². The summed E-state index contributed by atoms with van der Waals surface area (Å²) in [5.41, 5.74) is 5.53. The van der Waals surface area contributed by atoms with Gasteiger partial charge in [-0.25, -0.2) is 4.79 Å². The lowest BCUT2D eigenvalue weighted by molar-refractivity contribution is -0.143. The molecule has 0 aromatic carbocycles. The van der Waals surface area contributed by atoms with Crippen LogP contribution in [-0.2, 0) is 9.59 Å².